The minimum absolute atomic E-state index is 0.0322. The summed E-state index contributed by atoms with van der Waals surface area (Å²) in [5, 5.41) is 0.795. The van der Waals surface area contributed by atoms with Crippen molar-refractivity contribution in [3.05, 3.63) is 34.9 Å². The smallest absolute Gasteiger partial charge is 0.0406 e. The van der Waals surface area contributed by atoms with Crippen LogP contribution in [0.2, 0.25) is 5.02 Å². The third kappa shape index (κ3) is 3.46. The Labute approximate surface area is 109 Å². The number of rotatable bonds is 2. The van der Waals surface area contributed by atoms with Crippen LogP contribution in [0, 0.1) is 5.41 Å². The Bertz CT molecular complexity index is 382. The second-order valence-corrected chi connectivity index (χ2v) is 6.80. The number of hydrogen-bond acceptors (Lipinski definition) is 1. The fourth-order valence-corrected chi connectivity index (χ4v) is 3.33. The zero-order chi connectivity index (χ0) is 12.5. The van der Waals surface area contributed by atoms with Crippen LogP contribution in [0.15, 0.2) is 24.3 Å². The molecule has 0 saturated heterocycles. The highest BCUT2D eigenvalue weighted by molar-refractivity contribution is 6.30. The summed E-state index contributed by atoms with van der Waals surface area (Å²) in [5.74, 6) is 0. The fourth-order valence-electron chi connectivity index (χ4n) is 3.21. The van der Waals surface area contributed by atoms with E-state index in [1.807, 2.05) is 12.1 Å². The first-order chi connectivity index (χ1) is 7.89. The van der Waals surface area contributed by atoms with Crippen LogP contribution < -0.4 is 5.73 Å². The maximum absolute atomic E-state index is 6.57. The minimum atomic E-state index is -0.0322. The zero-order valence-corrected chi connectivity index (χ0v) is 11.6. The number of halogens is 1. The molecule has 0 amide bonds. The van der Waals surface area contributed by atoms with Gasteiger partial charge >= 0.3 is 0 Å². The lowest BCUT2D eigenvalue weighted by Gasteiger charge is -2.42. The van der Waals surface area contributed by atoms with Gasteiger partial charge in [0.1, 0.15) is 0 Å². The van der Waals surface area contributed by atoms with Crippen molar-refractivity contribution in [1.29, 1.82) is 0 Å². The summed E-state index contributed by atoms with van der Waals surface area (Å²) < 4.78 is 0. The molecule has 1 aliphatic rings. The van der Waals surface area contributed by atoms with Crippen LogP contribution in [0.5, 0.6) is 0 Å². The van der Waals surface area contributed by atoms with Crippen molar-refractivity contribution in [3.8, 4) is 0 Å². The van der Waals surface area contributed by atoms with Gasteiger partial charge in [0, 0.05) is 10.6 Å². The van der Waals surface area contributed by atoms with Gasteiger partial charge in [0.05, 0.1) is 0 Å². The van der Waals surface area contributed by atoms with E-state index in [1.165, 1.54) is 18.4 Å². The van der Waals surface area contributed by atoms with E-state index in [0.717, 1.165) is 24.3 Å². The molecule has 1 atom stereocenters. The second-order valence-electron chi connectivity index (χ2n) is 6.36. The summed E-state index contributed by atoms with van der Waals surface area (Å²) in [6.07, 6.45) is 5.76. The fraction of sp³-hybridized carbons (Fsp3) is 0.600. The third-order valence-electron chi connectivity index (χ3n) is 3.83. The summed E-state index contributed by atoms with van der Waals surface area (Å²) in [6, 6.07) is 8.10. The Kier molecular flexibility index (Phi) is 3.51. The topological polar surface area (TPSA) is 26.0 Å². The Balaban J connectivity index is 2.09. The van der Waals surface area contributed by atoms with E-state index < -0.39 is 0 Å². The van der Waals surface area contributed by atoms with E-state index in [1.54, 1.807) is 0 Å². The molecule has 2 rings (SSSR count). The van der Waals surface area contributed by atoms with Crippen molar-refractivity contribution in [2.45, 2.75) is 51.5 Å². The number of nitrogens with two attached hydrogens (primary N) is 1. The Morgan fingerprint density at radius 1 is 1.18 bits per heavy atom. The van der Waals surface area contributed by atoms with Crippen LogP contribution in [0.25, 0.3) is 0 Å². The van der Waals surface area contributed by atoms with Gasteiger partial charge in [-0.3, -0.25) is 0 Å². The maximum atomic E-state index is 6.57. The van der Waals surface area contributed by atoms with Crippen LogP contribution in [0.4, 0.5) is 0 Å². The lowest BCUT2D eigenvalue weighted by molar-refractivity contribution is 0.151. The van der Waals surface area contributed by atoms with Crippen LogP contribution >= 0.6 is 11.6 Å². The molecule has 1 nitrogen and oxygen atoms in total. The molecule has 1 saturated carbocycles. The molecule has 17 heavy (non-hydrogen) atoms. The van der Waals surface area contributed by atoms with Gasteiger partial charge in [0.2, 0.25) is 0 Å². The van der Waals surface area contributed by atoms with Gasteiger partial charge in [-0.15, -0.1) is 0 Å². The molecule has 1 aliphatic carbocycles. The molecule has 0 aliphatic heterocycles. The molecule has 1 fully saturated rings. The van der Waals surface area contributed by atoms with Crippen LogP contribution in [-0.4, -0.2) is 5.54 Å². The first kappa shape index (κ1) is 12.9. The summed E-state index contributed by atoms with van der Waals surface area (Å²) >= 11 is 5.90. The highest BCUT2D eigenvalue weighted by atomic mass is 35.5. The van der Waals surface area contributed by atoms with E-state index in [2.05, 4.69) is 26.0 Å². The van der Waals surface area contributed by atoms with Crippen LogP contribution in [-0.2, 0) is 6.42 Å². The molecule has 1 unspecified atom stereocenters. The Hall–Kier alpha value is -0.530. The molecule has 0 radical (unpaired) electrons. The average molecular weight is 252 g/mol. The van der Waals surface area contributed by atoms with E-state index in [0.29, 0.717) is 5.41 Å². The normalized spacial score (nSPS) is 28.0. The summed E-state index contributed by atoms with van der Waals surface area (Å²) in [5.41, 5.74) is 8.23. The van der Waals surface area contributed by atoms with E-state index in [4.69, 9.17) is 17.3 Å². The van der Waals surface area contributed by atoms with Gasteiger partial charge in [-0.1, -0.05) is 44.0 Å². The van der Waals surface area contributed by atoms with E-state index >= 15 is 0 Å². The van der Waals surface area contributed by atoms with Crippen molar-refractivity contribution in [2.75, 3.05) is 0 Å². The molecule has 1 aromatic carbocycles. The standard InChI is InChI=1S/C15H22ClN/c1-14(2)8-3-9-15(17,11-14)10-12-4-6-13(16)7-5-12/h4-7H,3,8-11,17H2,1-2H3. The van der Waals surface area contributed by atoms with Gasteiger partial charge in [-0.05, 0) is 48.8 Å². The van der Waals surface area contributed by atoms with E-state index in [9.17, 15) is 0 Å². The number of benzene rings is 1. The summed E-state index contributed by atoms with van der Waals surface area (Å²) in [6.45, 7) is 4.66. The Morgan fingerprint density at radius 3 is 2.41 bits per heavy atom. The molecule has 2 N–H and O–H groups in total. The van der Waals surface area contributed by atoms with Crippen LogP contribution in [0.1, 0.15) is 45.1 Å². The quantitative estimate of drug-likeness (QED) is 0.839. The molecule has 2 heteroatoms. The Morgan fingerprint density at radius 2 is 1.82 bits per heavy atom. The van der Waals surface area contributed by atoms with Gasteiger partial charge in [0.15, 0.2) is 0 Å². The summed E-state index contributed by atoms with van der Waals surface area (Å²) in [4.78, 5) is 0. The largest absolute Gasteiger partial charge is 0.325 e. The first-order valence-electron chi connectivity index (χ1n) is 6.42. The summed E-state index contributed by atoms with van der Waals surface area (Å²) in [7, 11) is 0. The SMILES string of the molecule is CC1(C)CCCC(N)(Cc2ccc(Cl)cc2)C1. The first-order valence-corrected chi connectivity index (χ1v) is 6.80. The molecule has 94 valence electrons. The van der Waals surface area contributed by atoms with Gasteiger partial charge < -0.3 is 5.73 Å². The van der Waals surface area contributed by atoms with Crippen molar-refractivity contribution in [3.63, 3.8) is 0 Å². The third-order valence-corrected chi connectivity index (χ3v) is 4.08. The second kappa shape index (κ2) is 4.62. The molecule has 0 spiro atoms. The predicted octanol–water partition coefficient (Wildman–Crippen LogP) is 4.18. The highest BCUT2D eigenvalue weighted by Gasteiger charge is 2.36. The van der Waals surface area contributed by atoms with Crippen molar-refractivity contribution < 1.29 is 0 Å². The predicted molar refractivity (Wildman–Crippen MR) is 74.3 cm³/mol. The lowest BCUT2D eigenvalue weighted by atomic mass is 9.66. The van der Waals surface area contributed by atoms with Crippen molar-refractivity contribution >= 4 is 11.6 Å². The van der Waals surface area contributed by atoms with Gasteiger partial charge in [-0.2, -0.15) is 0 Å². The van der Waals surface area contributed by atoms with Gasteiger partial charge in [0.25, 0.3) is 0 Å². The highest BCUT2D eigenvalue weighted by Crippen LogP contribution is 2.41. The molecular formula is C15H22ClN. The van der Waals surface area contributed by atoms with Crippen molar-refractivity contribution in [1.82, 2.24) is 0 Å². The van der Waals surface area contributed by atoms with E-state index in [-0.39, 0.29) is 5.54 Å². The van der Waals surface area contributed by atoms with Crippen LogP contribution in [0.3, 0.4) is 0 Å². The minimum Gasteiger partial charge on any atom is -0.325 e. The molecule has 1 aromatic rings. The van der Waals surface area contributed by atoms with Gasteiger partial charge in [-0.25, -0.2) is 0 Å². The lowest BCUT2D eigenvalue weighted by Crippen LogP contribution is -2.48. The maximum Gasteiger partial charge on any atom is 0.0406 e. The molecule has 0 aromatic heterocycles. The monoisotopic (exact) mass is 251 g/mol. The zero-order valence-electron chi connectivity index (χ0n) is 10.8. The molecule has 0 bridgehead atoms. The van der Waals surface area contributed by atoms with Crippen molar-refractivity contribution in [2.24, 2.45) is 11.1 Å². The molecule has 0 heterocycles. The number of hydrogen-bond donors (Lipinski definition) is 1. The molecular weight excluding hydrogens is 230 g/mol. The average Bonchev–Trinajstić information content (AvgIpc) is 2.19.